The predicted molar refractivity (Wildman–Crippen MR) is 85.4 cm³/mol. The molecule has 2 N–H and O–H groups in total. The molecule has 0 aliphatic carbocycles. The second-order valence-corrected chi connectivity index (χ2v) is 5.80. The summed E-state index contributed by atoms with van der Waals surface area (Å²) in [6.07, 6.45) is -0.563. The Morgan fingerprint density at radius 3 is 2.00 bits per heavy atom. The first-order valence-electron chi connectivity index (χ1n) is 7.43. The zero-order valence-corrected chi connectivity index (χ0v) is 12.7. The summed E-state index contributed by atoms with van der Waals surface area (Å²) in [6, 6.07) is 17.9. The van der Waals surface area contributed by atoms with Crippen LogP contribution in [0.4, 0.5) is 0 Å². The summed E-state index contributed by atoms with van der Waals surface area (Å²) in [6.45, 7) is 1.63. The van der Waals surface area contributed by atoms with Gasteiger partial charge < -0.3 is 14.9 Å². The summed E-state index contributed by atoms with van der Waals surface area (Å²) in [5.41, 5.74) is 0.195. The molecule has 0 bridgehead atoms. The maximum absolute atomic E-state index is 12.2. The average molecular weight is 310 g/mol. The minimum absolute atomic E-state index is 0.147. The van der Waals surface area contributed by atoms with Gasteiger partial charge in [0, 0.05) is 0 Å². The van der Waals surface area contributed by atoms with Crippen molar-refractivity contribution in [3.05, 3.63) is 83.4 Å². The van der Waals surface area contributed by atoms with E-state index in [-0.39, 0.29) is 5.57 Å². The topological polar surface area (TPSA) is 66.8 Å². The highest BCUT2D eigenvalue weighted by Crippen LogP contribution is 2.39. The first-order chi connectivity index (χ1) is 11.0. The molecule has 23 heavy (non-hydrogen) atoms. The van der Waals surface area contributed by atoms with Crippen molar-refractivity contribution in [1.82, 2.24) is 0 Å². The molecule has 1 aliphatic heterocycles. The Morgan fingerprint density at radius 2 is 1.43 bits per heavy atom. The normalized spacial score (nSPS) is 23.1. The molecule has 0 saturated carbocycles. The van der Waals surface area contributed by atoms with Gasteiger partial charge in [-0.2, -0.15) is 0 Å². The molecular weight excluding hydrogens is 292 g/mol. The van der Waals surface area contributed by atoms with Crippen molar-refractivity contribution in [1.29, 1.82) is 0 Å². The zero-order valence-electron chi connectivity index (χ0n) is 12.7. The Balaban J connectivity index is 1.91. The van der Waals surface area contributed by atoms with Crippen LogP contribution in [0.2, 0.25) is 0 Å². The van der Waals surface area contributed by atoms with Gasteiger partial charge in [-0.15, -0.1) is 0 Å². The van der Waals surface area contributed by atoms with Gasteiger partial charge in [0.05, 0.1) is 5.57 Å². The lowest BCUT2D eigenvalue weighted by Crippen LogP contribution is -2.32. The van der Waals surface area contributed by atoms with E-state index < -0.39 is 23.8 Å². The number of ether oxygens (including phenoxy) is 1. The second kappa shape index (κ2) is 5.99. The number of carbonyl (C=O) groups is 1. The van der Waals surface area contributed by atoms with E-state index in [9.17, 15) is 15.0 Å². The molecule has 1 aliphatic rings. The average Bonchev–Trinajstić information content (AvgIpc) is 2.91. The Morgan fingerprint density at radius 1 is 0.913 bits per heavy atom. The number of benzene rings is 2. The number of rotatable bonds is 4. The lowest BCUT2D eigenvalue weighted by molar-refractivity contribution is -0.154. The first kappa shape index (κ1) is 15.5. The van der Waals surface area contributed by atoms with E-state index in [1.807, 2.05) is 24.3 Å². The van der Waals surface area contributed by atoms with Crippen LogP contribution in [0, 0.1) is 0 Å². The van der Waals surface area contributed by atoms with Crippen LogP contribution in [0.25, 0.3) is 0 Å². The molecule has 118 valence electrons. The molecule has 0 fully saturated rings. The molecule has 4 heteroatoms. The Bertz CT molecular complexity index is 724. The summed E-state index contributed by atoms with van der Waals surface area (Å²) < 4.78 is 5.38. The van der Waals surface area contributed by atoms with Crippen LogP contribution in [-0.2, 0) is 9.53 Å². The largest absolute Gasteiger partial charge is 0.448 e. The van der Waals surface area contributed by atoms with Gasteiger partial charge in [0.15, 0.2) is 5.60 Å². The third-order valence-corrected chi connectivity index (χ3v) is 4.06. The number of hydrogen-bond acceptors (Lipinski definition) is 4. The van der Waals surface area contributed by atoms with E-state index in [1.54, 1.807) is 43.3 Å². The van der Waals surface area contributed by atoms with E-state index in [4.69, 9.17) is 4.74 Å². The fraction of sp³-hybridized carbons (Fsp3) is 0.211. The number of aliphatic hydroxyl groups excluding tert-OH is 2. The van der Waals surface area contributed by atoms with E-state index in [1.165, 1.54) is 6.08 Å². The molecule has 0 spiro atoms. The molecule has 3 unspecified atom stereocenters. The van der Waals surface area contributed by atoms with Gasteiger partial charge in [0.1, 0.15) is 12.2 Å². The fourth-order valence-electron chi connectivity index (χ4n) is 2.76. The van der Waals surface area contributed by atoms with Crippen LogP contribution in [0.15, 0.2) is 72.3 Å². The summed E-state index contributed by atoms with van der Waals surface area (Å²) in [5, 5.41) is 21.0. The van der Waals surface area contributed by atoms with E-state index in [2.05, 4.69) is 0 Å². The van der Waals surface area contributed by atoms with Crippen LogP contribution in [0.1, 0.15) is 30.3 Å². The number of aliphatic hydroxyl groups is 2. The zero-order chi connectivity index (χ0) is 16.4. The SMILES string of the molecule is CC1(C(O)c2ccccc2)C=C(C(O)c2ccccc2)C(=O)O1. The number of esters is 1. The highest BCUT2D eigenvalue weighted by molar-refractivity contribution is 5.93. The van der Waals surface area contributed by atoms with Gasteiger partial charge in [-0.3, -0.25) is 0 Å². The molecule has 0 amide bonds. The molecular formula is C19H18O4. The lowest BCUT2D eigenvalue weighted by Gasteiger charge is -2.27. The molecule has 3 atom stereocenters. The standard InChI is InChI=1S/C19H18O4/c1-19(17(21)14-10-6-3-7-11-14)12-15(18(22)23-19)16(20)13-8-4-2-5-9-13/h2-12,16-17,20-21H,1H3. The highest BCUT2D eigenvalue weighted by atomic mass is 16.6. The second-order valence-electron chi connectivity index (χ2n) is 5.80. The fourth-order valence-corrected chi connectivity index (χ4v) is 2.76. The van der Waals surface area contributed by atoms with Crippen molar-refractivity contribution in [3.63, 3.8) is 0 Å². The molecule has 3 rings (SSSR count). The van der Waals surface area contributed by atoms with Crippen molar-refractivity contribution >= 4 is 5.97 Å². The quantitative estimate of drug-likeness (QED) is 0.852. The van der Waals surface area contributed by atoms with E-state index in [0.717, 1.165) is 0 Å². The smallest absolute Gasteiger partial charge is 0.337 e. The van der Waals surface area contributed by atoms with E-state index >= 15 is 0 Å². The molecule has 1 heterocycles. The van der Waals surface area contributed by atoms with Crippen molar-refractivity contribution in [2.75, 3.05) is 0 Å². The van der Waals surface area contributed by atoms with Gasteiger partial charge in [-0.1, -0.05) is 60.7 Å². The van der Waals surface area contributed by atoms with Gasteiger partial charge in [-0.05, 0) is 24.1 Å². The number of hydrogen-bond donors (Lipinski definition) is 2. The molecule has 2 aromatic rings. The first-order valence-corrected chi connectivity index (χ1v) is 7.43. The summed E-state index contributed by atoms with van der Waals surface area (Å²) in [7, 11) is 0. The van der Waals surface area contributed by atoms with Crippen molar-refractivity contribution in [2.45, 2.75) is 24.7 Å². The molecule has 0 saturated heterocycles. The Kier molecular flexibility index (Phi) is 4.03. The maximum Gasteiger partial charge on any atom is 0.337 e. The summed E-state index contributed by atoms with van der Waals surface area (Å²) in [4.78, 5) is 12.2. The predicted octanol–water partition coefficient (Wildman–Crippen LogP) is 2.70. The Hall–Kier alpha value is -2.43. The van der Waals surface area contributed by atoms with Gasteiger partial charge >= 0.3 is 5.97 Å². The van der Waals surface area contributed by atoms with Crippen LogP contribution in [0.3, 0.4) is 0 Å². The van der Waals surface area contributed by atoms with Crippen molar-refractivity contribution in [3.8, 4) is 0 Å². The van der Waals surface area contributed by atoms with Crippen LogP contribution >= 0.6 is 0 Å². The van der Waals surface area contributed by atoms with Crippen LogP contribution in [0.5, 0.6) is 0 Å². The number of cyclic esters (lactones) is 1. The number of carbonyl (C=O) groups excluding carboxylic acids is 1. The summed E-state index contributed by atoms with van der Waals surface area (Å²) >= 11 is 0. The van der Waals surface area contributed by atoms with Crippen LogP contribution < -0.4 is 0 Å². The lowest BCUT2D eigenvalue weighted by atomic mass is 9.91. The third-order valence-electron chi connectivity index (χ3n) is 4.06. The monoisotopic (exact) mass is 310 g/mol. The van der Waals surface area contributed by atoms with Gasteiger partial charge in [-0.25, -0.2) is 4.79 Å². The van der Waals surface area contributed by atoms with Gasteiger partial charge in [0.25, 0.3) is 0 Å². The minimum atomic E-state index is -1.20. The van der Waals surface area contributed by atoms with E-state index in [0.29, 0.717) is 11.1 Å². The Labute approximate surface area is 134 Å². The molecule has 0 aromatic heterocycles. The minimum Gasteiger partial charge on any atom is -0.448 e. The third kappa shape index (κ3) is 2.91. The highest BCUT2D eigenvalue weighted by Gasteiger charge is 2.44. The maximum atomic E-state index is 12.2. The molecule has 4 nitrogen and oxygen atoms in total. The van der Waals surface area contributed by atoms with Crippen LogP contribution in [-0.4, -0.2) is 21.8 Å². The van der Waals surface area contributed by atoms with Crippen molar-refractivity contribution in [2.24, 2.45) is 0 Å². The molecule has 0 radical (unpaired) electrons. The van der Waals surface area contributed by atoms with Crippen molar-refractivity contribution < 1.29 is 19.7 Å². The molecule has 2 aromatic carbocycles. The summed E-state index contributed by atoms with van der Waals surface area (Å²) in [5.74, 6) is -0.612. The van der Waals surface area contributed by atoms with Gasteiger partial charge in [0.2, 0.25) is 0 Å².